The van der Waals surface area contributed by atoms with E-state index in [9.17, 15) is 9.59 Å². The number of carbonyl (C=O) groups is 2. The molecule has 320 valence electrons. The zero-order chi connectivity index (χ0) is 39.2. The van der Waals surface area contributed by atoms with E-state index >= 15 is 0 Å². The molecule has 0 aromatic heterocycles. The molecule has 0 N–H and O–H groups in total. The Morgan fingerprint density at radius 2 is 0.722 bits per heavy atom. The zero-order valence-electron chi connectivity index (χ0n) is 37.1. The molecule has 54 heavy (non-hydrogen) atoms. The molecule has 0 aromatic rings. The summed E-state index contributed by atoms with van der Waals surface area (Å²) in [7, 11) is 0. The lowest BCUT2D eigenvalue weighted by atomic mass is 9.91. The van der Waals surface area contributed by atoms with Crippen molar-refractivity contribution in [3.05, 3.63) is 0 Å². The standard InChI is InChI=1S/C49H95NO4/c1-5-9-19-29-46(30-20-10-6-2)38-43-53-48(51)35-25-16-14-13-15-23-33-45(37-42-50-40-27-28-41-50)34-24-17-18-26-36-49(52)54-44-39-47(31-21-11-7-3)32-22-12-8-4/h45-47H,5-44H2,1-4H3. The van der Waals surface area contributed by atoms with Crippen LogP contribution < -0.4 is 0 Å². The monoisotopic (exact) mass is 762 g/mol. The van der Waals surface area contributed by atoms with Gasteiger partial charge in [0.05, 0.1) is 13.2 Å². The molecule has 0 radical (unpaired) electrons. The summed E-state index contributed by atoms with van der Waals surface area (Å²) in [5, 5.41) is 0. The third-order valence-corrected chi connectivity index (χ3v) is 12.5. The molecule has 0 bridgehead atoms. The summed E-state index contributed by atoms with van der Waals surface area (Å²) in [5.41, 5.74) is 0. The molecule has 1 unspecified atom stereocenters. The average molecular weight is 762 g/mol. The highest BCUT2D eigenvalue weighted by Crippen LogP contribution is 2.25. The first-order chi connectivity index (χ1) is 26.5. The number of nitrogens with zero attached hydrogens (tertiary/aromatic N) is 1. The van der Waals surface area contributed by atoms with Crippen LogP contribution in [0.4, 0.5) is 0 Å². The predicted molar refractivity (Wildman–Crippen MR) is 233 cm³/mol. The van der Waals surface area contributed by atoms with Crippen LogP contribution in [0, 0.1) is 17.8 Å². The Labute approximate surface area is 338 Å². The highest BCUT2D eigenvalue weighted by Gasteiger charge is 2.16. The van der Waals surface area contributed by atoms with Gasteiger partial charge in [0.15, 0.2) is 0 Å². The maximum Gasteiger partial charge on any atom is 0.305 e. The maximum absolute atomic E-state index is 12.4. The van der Waals surface area contributed by atoms with Gasteiger partial charge < -0.3 is 14.4 Å². The summed E-state index contributed by atoms with van der Waals surface area (Å²) >= 11 is 0. The summed E-state index contributed by atoms with van der Waals surface area (Å²) in [6.45, 7) is 14.2. The van der Waals surface area contributed by atoms with E-state index in [1.165, 1.54) is 193 Å². The van der Waals surface area contributed by atoms with Crippen LogP contribution >= 0.6 is 0 Å². The van der Waals surface area contributed by atoms with Crippen LogP contribution in [-0.2, 0) is 19.1 Å². The van der Waals surface area contributed by atoms with E-state index in [1.54, 1.807) is 0 Å². The van der Waals surface area contributed by atoms with Crippen LogP contribution in [0.15, 0.2) is 0 Å². The lowest BCUT2D eigenvalue weighted by Crippen LogP contribution is -2.22. The van der Waals surface area contributed by atoms with Crippen LogP contribution in [0.2, 0.25) is 0 Å². The summed E-state index contributed by atoms with van der Waals surface area (Å²) in [6, 6.07) is 0. The van der Waals surface area contributed by atoms with E-state index in [-0.39, 0.29) is 11.9 Å². The van der Waals surface area contributed by atoms with E-state index in [0.29, 0.717) is 26.1 Å². The Bertz CT molecular complexity index is 792. The molecule has 5 heteroatoms. The fraction of sp³-hybridized carbons (Fsp3) is 0.959. The minimum Gasteiger partial charge on any atom is -0.466 e. The molecule has 0 amide bonds. The Balaban J connectivity index is 2.18. The van der Waals surface area contributed by atoms with Crippen molar-refractivity contribution in [1.82, 2.24) is 4.90 Å². The first-order valence-corrected chi connectivity index (χ1v) is 24.6. The molecule has 0 spiro atoms. The summed E-state index contributed by atoms with van der Waals surface area (Å²) in [6.07, 6.45) is 42.9. The van der Waals surface area contributed by atoms with Crippen molar-refractivity contribution >= 4 is 11.9 Å². The van der Waals surface area contributed by atoms with Crippen molar-refractivity contribution in [3.63, 3.8) is 0 Å². The Hall–Kier alpha value is -1.10. The molecule has 0 saturated carbocycles. The molecule has 0 aliphatic carbocycles. The smallest absolute Gasteiger partial charge is 0.305 e. The summed E-state index contributed by atoms with van der Waals surface area (Å²) in [5.74, 6) is 2.33. The summed E-state index contributed by atoms with van der Waals surface area (Å²) < 4.78 is 11.4. The van der Waals surface area contributed by atoms with E-state index in [1.807, 2.05) is 0 Å². The number of carbonyl (C=O) groups excluding carboxylic acids is 2. The highest BCUT2D eigenvalue weighted by atomic mass is 16.5. The first-order valence-electron chi connectivity index (χ1n) is 24.6. The van der Waals surface area contributed by atoms with Crippen molar-refractivity contribution in [3.8, 4) is 0 Å². The quantitative estimate of drug-likeness (QED) is 0.0459. The number of hydrogen-bond donors (Lipinski definition) is 0. The minimum atomic E-state index is 0.0197. The van der Waals surface area contributed by atoms with Crippen LogP contribution in [0.3, 0.4) is 0 Å². The molecular formula is C49H95NO4. The SMILES string of the molecule is CCCCCC(CCCCC)CCOC(=O)CCCCCCCCC(CCCCCCC(=O)OCCC(CCCCC)CCCCC)CCN1CCCC1. The number of likely N-dealkylation sites (tertiary alicyclic amines) is 1. The molecular weight excluding hydrogens is 667 g/mol. The normalized spacial score (nSPS) is 14.0. The molecule has 1 atom stereocenters. The molecule has 1 fully saturated rings. The number of unbranched alkanes of at least 4 members (excludes halogenated alkanes) is 16. The van der Waals surface area contributed by atoms with E-state index in [2.05, 4.69) is 32.6 Å². The number of esters is 2. The molecule has 1 aliphatic rings. The second kappa shape index (κ2) is 38.8. The fourth-order valence-electron chi connectivity index (χ4n) is 8.69. The molecule has 5 nitrogen and oxygen atoms in total. The van der Waals surface area contributed by atoms with Crippen molar-refractivity contribution in [2.24, 2.45) is 17.8 Å². The second-order valence-corrected chi connectivity index (χ2v) is 17.5. The van der Waals surface area contributed by atoms with Crippen molar-refractivity contribution in [2.75, 3.05) is 32.8 Å². The van der Waals surface area contributed by atoms with Gasteiger partial charge in [-0.1, -0.05) is 195 Å². The first kappa shape index (κ1) is 50.9. The van der Waals surface area contributed by atoms with Crippen LogP contribution in [-0.4, -0.2) is 49.7 Å². The molecule has 1 heterocycles. The minimum absolute atomic E-state index is 0.0197. The second-order valence-electron chi connectivity index (χ2n) is 17.5. The Morgan fingerprint density at radius 3 is 1.09 bits per heavy atom. The van der Waals surface area contributed by atoms with Gasteiger partial charge in [-0.2, -0.15) is 0 Å². The average Bonchev–Trinajstić information content (AvgIpc) is 3.69. The van der Waals surface area contributed by atoms with Gasteiger partial charge >= 0.3 is 11.9 Å². The van der Waals surface area contributed by atoms with Gasteiger partial charge in [0.2, 0.25) is 0 Å². The Morgan fingerprint density at radius 1 is 0.407 bits per heavy atom. The van der Waals surface area contributed by atoms with E-state index in [4.69, 9.17) is 9.47 Å². The lowest BCUT2D eigenvalue weighted by Gasteiger charge is -2.21. The van der Waals surface area contributed by atoms with Gasteiger partial charge in [-0.15, -0.1) is 0 Å². The Kier molecular flexibility index (Phi) is 36.5. The largest absolute Gasteiger partial charge is 0.466 e. The van der Waals surface area contributed by atoms with Gasteiger partial charge in [-0.3, -0.25) is 9.59 Å². The molecule has 1 aliphatic heterocycles. The van der Waals surface area contributed by atoms with Crippen molar-refractivity contribution < 1.29 is 19.1 Å². The third-order valence-electron chi connectivity index (χ3n) is 12.5. The van der Waals surface area contributed by atoms with Gasteiger partial charge in [-0.25, -0.2) is 0 Å². The number of ether oxygens (including phenoxy) is 2. The van der Waals surface area contributed by atoms with Gasteiger partial charge in [0.1, 0.15) is 0 Å². The number of hydrogen-bond acceptors (Lipinski definition) is 5. The molecule has 0 aromatic carbocycles. The van der Waals surface area contributed by atoms with Crippen LogP contribution in [0.1, 0.15) is 252 Å². The van der Waals surface area contributed by atoms with Crippen molar-refractivity contribution in [1.29, 1.82) is 0 Å². The fourth-order valence-corrected chi connectivity index (χ4v) is 8.69. The molecule has 1 saturated heterocycles. The van der Waals surface area contributed by atoms with Crippen LogP contribution in [0.25, 0.3) is 0 Å². The van der Waals surface area contributed by atoms with Crippen molar-refractivity contribution in [2.45, 2.75) is 252 Å². The summed E-state index contributed by atoms with van der Waals surface area (Å²) in [4.78, 5) is 27.5. The topological polar surface area (TPSA) is 55.8 Å². The van der Waals surface area contributed by atoms with E-state index in [0.717, 1.165) is 56.3 Å². The zero-order valence-corrected chi connectivity index (χ0v) is 37.1. The lowest BCUT2D eigenvalue weighted by molar-refractivity contribution is -0.145. The number of rotatable bonds is 41. The van der Waals surface area contributed by atoms with Gasteiger partial charge in [0, 0.05) is 12.8 Å². The van der Waals surface area contributed by atoms with E-state index < -0.39 is 0 Å². The maximum atomic E-state index is 12.4. The third kappa shape index (κ3) is 32.0. The molecule has 1 rings (SSSR count). The van der Waals surface area contributed by atoms with Gasteiger partial charge in [-0.05, 0) is 82.3 Å². The van der Waals surface area contributed by atoms with Gasteiger partial charge in [0.25, 0.3) is 0 Å². The highest BCUT2D eigenvalue weighted by molar-refractivity contribution is 5.69. The predicted octanol–water partition coefficient (Wildman–Crippen LogP) is 15.0. The van der Waals surface area contributed by atoms with Crippen LogP contribution in [0.5, 0.6) is 0 Å².